The largest absolute Gasteiger partial charge is 0.507 e. The van der Waals surface area contributed by atoms with E-state index in [1.165, 1.54) is 12.1 Å². The average molecular weight is 870 g/mol. The van der Waals surface area contributed by atoms with Gasteiger partial charge in [-0.05, 0) is 134 Å². The molecular formula is C61H67N3O. The lowest BCUT2D eigenvalue weighted by Crippen LogP contribution is -2.11. The number of nitrogens with zero attached hydrogens (tertiary/aromatic N) is 3. The van der Waals surface area contributed by atoms with Crippen molar-refractivity contribution in [1.29, 1.82) is 0 Å². The number of hydrogen-bond donors (Lipinski definition) is 1. The average Bonchev–Trinajstić information content (AvgIpc) is 3.76. The molecule has 332 valence electrons. The lowest BCUT2D eigenvalue weighted by Gasteiger charge is -2.22. The monoisotopic (exact) mass is 870 g/mol. The molecule has 0 fully saturated rings. The minimum atomic E-state index is -3.39. The summed E-state index contributed by atoms with van der Waals surface area (Å²) in [6.45, 7) is 8.61. The maximum atomic E-state index is 12.4. The number of hydrogen-bond acceptors (Lipinski definition) is 3. The standard InChI is InChI=1S/C61H67N3O/c1-37(2)43-34-50(38(3)4)57(65)52(35-43)58-63-56-49(16-15-17-55(56)64(58)54-27-18-39(5)30-51(54)41-21-25-47(26-22-41)60(9,10)11)44-31-45(33-48(32-44)61(12,13)14)53-36-42(28-29-62-53)40-19-23-46(24-20-40)59(6,7)8/h15-38,65H,1-14H3/i5D3,6D3,7D3,8D3. The van der Waals surface area contributed by atoms with Crippen LogP contribution in [0.5, 0.6) is 5.75 Å². The van der Waals surface area contributed by atoms with Crippen LogP contribution >= 0.6 is 0 Å². The van der Waals surface area contributed by atoms with Gasteiger partial charge in [0, 0.05) is 39.3 Å². The summed E-state index contributed by atoms with van der Waals surface area (Å²) >= 11 is 0. The Bertz CT molecular complexity index is 3460. The number of para-hydroxylation sites is 1. The number of aryl methyl sites for hydroxylation is 1. The molecule has 1 N–H and O–H groups in total. The molecule has 4 nitrogen and oxygen atoms in total. The van der Waals surface area contributed by atoms with Crippen molar-refractivity contribution in [2.45, 2.75) is 125 Å². The first kappa shape index (κ1) is 32.4. The number of fused-ring (bicyclic) bond motifs is 1. The van der Waals surface area contributed by atoms with Gasteiger partial charge in [0.05, 0.1) is 28.0 Å². The summed E-state index contributed by atoms with van der Waals surface area (Å²) in [7, 11) is 0. The van der Waals surface area contributed by atoms with Crippen LogP contribution in [0.3, 0.4) is 0 Å². The predicted molar refractivity (Wildman–Crippen MR) is 277 cm³/mol. The van der Waals surface area contributed by atoms with Crippen molar-refractivity contribution >= 4 is 11.0 Å². The minimum Gasteiger partial charge on any atom is -0.507 e. The topological polar surface area (TPSA) is 50.9 Å². The Hall–Kier alpha value is -6.26. The molecular weight excluding hydrogens is 791 g/mol. The van der Waals surface area contributed by atoms with Gasteiger partial charge < -0.3 is 5.11 Å². The van der Waals surface area contributed by atoms with Crippen molar-refractivity contribution < 1.29 is 21.6 Å². The zero-order valence-corrected chi connectivity index (χ0v) is 39.1. The van der Waals surface area contributed by atoms with Crippen molar-refractivity contribution in [1.82, 2.24) is 14.5 Å². The van der Waals surface area contributed by atoms with Gasteiger partial charge in [0.2, 0.25) is 0 Å². The van der Waals surface area contributed by atoms with Crippen molar-refractivity contribution in [3.63, 3.8) is 0 Å². The van der Waals surface area contributed by atoms with Crippen LogP contribution in [0.2, 0.25) is 0 Å². The van der Waals surface area contributed by atoms with E-state index in [9.17, 15) is 5.11 Å². The van der Waals surface area contributed by atoms with Gasteiger partial charge in [-0.1, -0.05) is 174 Å². The highest BCUT2D eigenvalue weighted by molar-refractivity contribution is 5.98. The highest BCUT2D eigenvalue weighted by atomic mass is 16.3. The normalized spacial score (nSPS) is 16.0. The third-order valence-corrected chi connectivity index (χ3v) is 12.5. The molecule has 8 rings (SSSR count). The molecule has 2 heterocycles. The summed E-state index contributed by atoms with van der Waals surface area (Å²) in [5, 5.41) is 12.4. The van der Waals surface area contributed by atoms with Crippen LogP contribution in [0.25, 0.3) is 72.7 Å². The van der Waals surface area contributed by atoms with Crippen LogP contribution in [-0.4, -0.2) is 19.6 Å². The van der Waals surface area contributed by atoms with Gasteiger partial charge in [-0.3, -0.25) is 9.55 Å². The van der Waals surface area contributed by atoms with Crippen LogP contribution in [0.15, 0.2) is 134 Å². The first-order valence-corrected chi connectivity index (χ1v) is 22.4. The summed E-state index contributed by atoms with van der Waals surface area (Å²) in [5.41, 5.74) is 8.52. The molecule has 0 aliphatic carbocycles. The molecule has 8 aromatic rings. The van der Waals surface area contributed by atoms with Gasteiger partial charge in [0.25, 0.3) is 0 Å². The van der Waals surface area contributed by atoms with Gasteiger partial charge in [-0.2, -0.15) is 0 Å². The Balaban J connectivity index is 1.37. The molecule has 0 saturated carbocycles. The van der Waals surface area contributed by atoms with E-state index in [2.05, 4.69) is 106 Å². The second-order valence-corrected chi connectivity index (χ2v) is 20.1. The first-order valence-electron chi connectivity index (χ1n) is 28.4. The van der Waals surface area contributed by atoms with Gasteiger partial charge in [-0.15, -0.1) is 0 Å². The molecule has 2 aromatic heterocycles. The van der Waals surface area contributed by atoms with Crippen LogP contribution in [0.4, 0.5) is 0 Å². The fraction of sp³-hybridized carbons (Fsp3) is 0.311. The molecule has 0 radical (unpaired) electrons. The summed E-state index contributed by atoms with van der Waals surface area (Å²) in [6, 6.07) is 39.1. The lowest BCUT2D eigenvalue weighted by molar-refractivity contribution is 0.466. The van der Waals surface area contributed by atoms with Crippen LogP contribution in [-0.2, 0) is 16.2 Å². The summed E-state index contributed by atoms with van der Waals surface area (Å²) < 4.78 is 101. The Kier molecular flexibility index (Phi) is 8.45. The first-order chi connectivity index (χ1) is 35.5. The molecule has 0 aliphatic rings. The van der Waals surface area contributed by atoms with Gasteiger partial charge in [0.1, 0.15) is 11.6 Å². The number of pyridine rings is 1. The van der Waals surface area contributed by atoms with Gasteiger partial charge in [0.15, 0.2) is 0 Å². The molecule has 0 amide bonds. The van der Waals surface area contributed by atoms with E-state index >= 15 is 0 Å². The van der Waals surface area contributed by atoms with Crippen molar-refractivity contribution in [2.75, 3.05) is 0 Å². The molecule has 4 heteroatoms. The maximum Gasteiger partial charge on any atom is 0.149 e. The number of phenolic OH excluding ortho intramolecular Hbond substituents is 1. The fourth-order valence-electron chi connectivity index (χ4n) is 8.54. The van der Waals surface area contributed by atoms with E-state index < -0.39 is 32.8 Å². The Morgan fingerprint density at radius 2 is 1.22 bits per heavy atom. The summed E-state index contributed by atoms with van der Waals surface area (Å²) in [6.07, 6.45) is 1.66. The van der Waals surface area contributed by atoms with Gasteiger partial charge >= 0.3 is 0 Å². The van der Waals surface area contributed by atoms with Crippen LogP contribution in [0, 0.1) is 6.85 Å². The number of aromatic nitrogens is 3. The van der Waals surface area contributed by atoms with E-state index in [0.717, 1.165) is 50.0 Å². The van der Waals surface area contributed by atoms with Gasteiger partial charge in [-0.25, -0.2) is 4.98 Å². The van der Waals surface area contributed by atoms with E-state index in [0.29, 0.717) is 45.0 Å². The molecule has 0 spiro atoms. The van der Waals surface area contributed by atoms with Crippen LogP contribution in [0.1, 0.15) is 151 Å². The quantitative estimate of drug-likeness (QED) is 0.165. The Morgan fingerprint density at radius 3 is 1.85 bits per heavy atom. The minimum absolute atomic E-state index is 0.0231. The molecule has 65 heavy (non-hydrogen) atoms. The van der Waals surface area contributed by atoms with E-state index in [4.69, 9.17) is 26.4 Å². The maximum absolute atomic E-state index is 12.4. The highest BCUT2D eigenvalue weighted by Gasteiger charge is 2.26. The molecule has 0 aliphatic heterocycles. The van der Waals surface area contributed by atoms with Crippen molar-refractivity contribution in [3.8, 4) is 67.5 Å². The lowest BCUT2D eigenvalue weighted by atomic mass is 9.83. The third kappa shape index (κ3) is 9.06. The van der Waals surface area contributed by atoms with Crippen molar-refractivity contribution in [2.24, 2.45) is 0 Å². The fourth-order valence-corrected chi connectivity index (χ4v) is 8.54. The van der Waals surface area contributed by atoms with Crippen LogP contribution < -0.4 is 0 Å². The van der Waals surface area contributed by atoms with Crippen molar-refractivity contribution in [3.05, 3.63) is 167 Å². The smallest absolute Gasteiger partial charge is 0.149 e. The van der Waals surface area contributed by atoms with E-state index in [-0.39, 0.29) is 39.5 Å². The third-order valence-electron chi connectivity index (χ3n) is 12.5. The Labute approximate surface area is 405 Å². The second kappa shape index (κ2) is 16.9. The highest BCUT2D eigenvalue weighted by Crippen LogP contribution is 2.45. The Morgan fingerprint density at radius 1 is 0.554 bits per heavy atom. The molecule has 0 unspecified atom stereocenters. The number of rotatable bonds is 8. The summed E-state index contributed by atoms with van der Waals surface area (Å²) in [4.78, 5) is 10.4. The SMILES string of the molecule is [2H]C([2H])([2H])c1ccc(-n2c(-c3cc(C(C)C)cc(C(C)C)c3O)nc3c(-c4cc(-c5cc(-c6ccc(C(C([2H])([2H])[2H])(C([2H])([2H])[2H])C([2H])([2H])[2H])cc6)ccn5)cc(C(C)(C)C)c4)cccc32)c(-c2ccc(C(C)(C)C)cc2)c1. The second-order valence-electron chi connectivity index (χ2n) is 20.1. The van der Waals surface area contributed by atoms with E-state index in [1.54, 1.807) is 36.5 Å². The zero-order chi connectivity index (χ0) is 56.7. The molecule has 0 bridgehead atoms. The zero-order valence-electron chi connectivity index (χ0n) is 51.1. The number of imidazole rings is 1. The van der Waals surface area contributed by atoms with E-state index in [1.807, 2.05) is 53.1 Å². The number of phenols is 1. The molecule has 0 atom stereocenters. The molecule has 6 aromatic carbocycles. The predicted octanol–water partition coefficient (Wildman–Crippen LogP) is 16.9. The number of benzene rings is 6. The number of aromatic hydroxyl groups is 1. The molecule has 0 saturated heterocycles. The summed E-state index contributed by atoms with van der Waals surface area (Å²) in [5.74, 6) is 0.681.